The summed E-state index contributed by atoms with van der Waals surface area (Å²) in [7, 11) is 0. The molecule has 0 radical (unpaired) electrons. The average molecular weight is 245 g/mol. The number of nitrogens with zero attached hydrogens (tertiary/aromatic N) is 4. The highest BCUT2D eigenvalue weighted by Crippen LogP contribution is 2.20. The van der Waals surface area contributed by atoms with Crippen molar-refractivity contribution in [2.24, 2.45) is 0 Å². The first-order valence-electron chi connectivity index (χ1n) is 6.29. The van der Waals surface area contributed by atoms with Crippen molar-refractivity contribution in [3.63, 3.8) is 0 Å². The van der Waals surface area contributed by atoms with Crippen LogP contribution in [0.2, 0.25) is 0 Å². The molecule has 2 aromatic heterocycles. The van der Waals surface area contributed by atoms with E-state index in [0.717, 1.165) is 30.2 Å². The molecule has 0 saturated carbocycles. The molecule has 0 amide bonds. The average Bonchev–Trinajstić information content (AvgIpc) is 2.78. The summed E-state index contributed by atoms with van der Waals surface area (Å²) in [5.74, 6) is 0. The zero-order valence-corrected chi connectivity index (χ0v) is 11.1. The van der Waals surface area contributed by atoms with Crippen molar-refractivity contribution in [3.05, 3.63) is 41.7 Å². The van der Waals surface area contributed by atoms with Crippen LogP contribution in [-0.4, -0.2) is 26.3 Å². The Labute approximate surface area is 107 Å². The van der Waals surface area contributed by atoms with Gasteiger partial charge in [-0.05, 0) is 26.5 Å². The number of hydrogen-bond acceptors (Lipinski definition) is 4. The number of aryl methyl sites for hydroxylation is 2. The minimum Gasteiger partial charge on any atom is -0.304 e. The molecule has 0 aliphatic carbocycles. The topological polar surface area (TPSA) is 55.6 Å². The number of hydrogen-bond donors (Lipinski definition) is 1. The van der Waals surface area contributed by atoms with Crippen LogP contribution in [0.4, 0.5) is 0 Å². The van der Waals surface area contributed by atoms with Crippen LogP contribution in [0, 0.1) is 6.92 Å². The van der Waals surface area contributed by atoms with Gasteiger partial charge in [-0.25, -0.2) is 0 Å². The lowest BCUT2D eigenvalue weighted by molar-refractivity contribution is 0.532. The Morgan fingerprint density at radius 2 is 2.17 bits per heavy atom. The first kappa shape index (κ1) is 12.7. The molecule has 2 aromatic rings. The fraction of sp³-hybridized carbons (Fsp3) is 0.462. The van der Waals surface area contributed by atoms with Crippen molar-refractivity contribution in [1.29, 1.82) is 0 Å². The van der Waals surface area contributed by atoms with E-state index in [9.17, 15) is 0 Å². The maximum Gasteiger partial charge on any atom is 0.0937 e. The predicted octanol–water partition coefficient (Wildman–Crippen LogP) is 1.70. The van der Waals surface area contributed by atoms with E-state index in [0.29, 0.717) is 0 Å². The van der Waals surface area contributed by atoms with Crippen molar-refractivity contribution >= 4 is 0 Å². The molecule has 18 heavy (non-hydrogen) atoms. The molecule has 0 aliphatic heterocycles. The molecule has 0 spiro atoms. The molecule has 0 bridgehead atoms. The summed E-state index contributed by atoms with van der Waals surface area (Å²) in [6.45, 7) is 7.91. The van der Waals surface area contributed by atoms with Gasteiger partial charge in [0.15, 0.2) is 0 Å². The van der Waals surface area contributed by atoms with Crippen LogP contribution >= 0.6 is 0 Å². The lowest BCUT2D eigenvalue weighted by Gasteiger charge is -2.18. The van der Waals surface area contributed by atoms with Crippen LogP contribution < -0.4 is 5.32 Å². The second-order valence-electron chi connectivity index (χ2n) is 4.15. The van der Waals surface area contributed by atoms with Crippen molar-refractivity contribution in [2.75, 3.05) is 6.54 Å². The molecule has 5 nitrogen and oxygen atoms in total. The Morgan fingerprint density at radius 3 is 2.78 bits per heavy atom. The number of aromatic nitrogens is 4. The van der Waals surface area contributed by atoms with Crippen molar-refractivity contribution in [3.8, 4) is 0 Å². The highest BCUT2D eigenvalue weighted by Gasteiger charge is 2.19. The Balaban J connectivity index is 2.41. The van der Waals surface area contributed by atoms with Gasteiger partial charge in [0.1, 0.15) is 0 Å². The fourth-order valence-corrected chi connectivity index (χ4v) is 2.08. The quantitative estimate of drug-likeness (QED) is 0.871. The van der Waals surface area contributed by atoms with E-state index >= 15 is 0 Å². The Bertz CT molecular complexity index is 491. The third-order valence-electron chi connectivity index (χ3n) is 2.82. The van der Waals surface area contributed by atoms with Gasteiger partial charge in [0, 0.05) is 18.9 Å². The van der Waals surface area contributed by atoms with Crippen LogP contribution in [0.15, 0.2) is 24.7 Å². The monoisotopic (exact) mass is 245 g/mol. The minimum absolute atomic E-state index is 0.0462. The second kappa shape index (κ2) is 5.73. The number of nitrogens with one attached hydrogen (secondary N) is 1. The van der Waals surface area contributed by atoms with E-state index in [1.165, 1.54) is 0 Å². The third-order valence-corrected chi connectivity index (χ3v) is 2.82. The maximum absolute atomic E-state index is 4.49. The van der Waals surface area contributed by atoms with Crippen LogP contribution in [0.3, 0.4) is 0 Å². The summed E-state index contributed by atoms with van der Waals surface area (Å²) >= 11 is 0. The summed E-state index contributed by atoms with van der Waals surface area (Å²) in [6.07, 6.45) is 5.21. The van der Waals surface area contributed by atoms with E-state index in [1.807, 2.05) is 11.6 Å². The molecular formula is C13H19N5. The summed E-state index contributed by atoms with van der Waals surface area (Å²) in [4.78, 5) is 8.54. The zero-order chi connectivity index (χ0) is 13.0. The second-order valence-corrected chi connectivity index (χ2v) is 4.15. The van der Waals surface area contributed by atoms with Gasteiger partial charge >= 0.3 is 0 Å². The molecule has 1 N–H and O–H groups in total. The van der Waals surface area contributed by atoms with Gasteiger partial charge in [-0.1, -0.05) is 6.92 Å². The van der Waals surface area contributed by atoms with E-state index in [-0.39, 0.29) is 6.04 Å². The van der Waals surface area contributed by atoms with E-state index < -0.39 is 0 Å². The standard InChI is InChI=1S/C13H19N5/c1-4-15-13(11-9-14-6-7-16-11)12-8-10(3)17-18(12)5-2/h6-9,13,15H,4-5H2,1-3H3. The number of rotatable bonds is 5. The summed E-state index contributed by atoms with van der Waals surface area (Å²) in [5, 5.41) is 7.93. The molecule has 0 aromatic carbocycles. The molecule has 2 heterocycles. The van der Waals surface area contributed by atoms with Gasteiger partial charge in [0.25, 0.3) is 0 Å². The summed E-state index contributed by atoms with van der Waals surface area (Å²) < 4.78 is 2.01. The molecule has 2 rings (SSSR count). The SMILES string of the molecule is CCNC(c1cnccn1)c1cc(C)nn1CC. The van der Waals surface area contributed by atoms with Gasteiger partial charge in [0.2, 0.25) is 0 Å². The molecule has 0 aliphatic rings. The lowest BCUT2D eigenvalue weighted by Crippen LogP contribution is -2.25. The Morgan fingerprint density at radius 1 is 1.33 bits per heavy atom. The highest BCUT2D eigenvalue weighted by molar-refractivity contribution is 5.22. The first-order valence-corrected chi connectivity index (χ1v) is 6.29. The molecule has 0 saturated heterocycles. The Hall–Kier alpha value is -1.75. The minimum atomic E-state index is 0.0462. The van der Waals surface area contributed by atoms with Crippen molar-refractivity contribution < 1.29 is 0 Å². The molecule has 0 fully saturated rings. The summed E-state index contributed by atoms with van der Waals surface area (Å²) in [6, 6.07) is 2.15. The first-order chi connectivity index (χ1) is 8.76. The normalized spacial score (nSPS) is 12.6. The zero-order valence-electron chi connectivity index (χ0n) is 11.1. The lowest BCUT2D eigenvalue weighted by atomic mass is 10.1. The maximum atomic E-state index is 4.49. The van der Waals surface area contributed by atoms with E-state index in [2.05, 4.69) is 40.3 Å². The van der Waals surface area contributed by atoms with Gasteiger partial charge in [0.05, 0.1) is 29.3 Å². The molecular weight excluding hydrogens is 226 g/mol. The van der Waals surface area contributed by atoms with Crippen LogP contribution in [-0.2, 0) is 6.54 Å². The van der Waals surface area contributed by atoms with E-state index in [4.69, 9.17) is 0 Å². The Kier molecular flexibility index (Phi) is 4.04. The molecule has 1 unspecified atom stereocenters. The van der Waals surface area contributed by atoms with Crippen LogP contribution in [0.1, 0.15) is 37.0 Å². The largest absolute Gasteiger partial charge is 0.304 e. The van der Waals surface area contributed by atoms with Gasteiger partial charge in [-0.3, -0.25) is 14.6 Å². The van der Waals surface area contributed by atoms with Crippen LogP contribution in [0.25, 0.3) is 0 Å². The predicted molar refractivity (Wildman–Crippen MR) is 70.2 cm³/mol. The van der Waals surface area contributed by atoms with Crippen LogP contribution in [0.5, 0.6) is 0 Å². The van der Waals surface area contributed by atoms with Crippen molar-refractivity contribution in [1.82, 2.24) is 25.1 Å². The third kappa shape index (κ3) is 2.56. The highest BCUT2D eigenvalue weighted by atomic mass is 15.3. The molecule has 5 heteroatoms. The summed E-state index contributed by atoms with van der Waals surface area (Å²) in [5.41, 5.74) is 3.09. The smallest absolute Gasteiger partial charge is 0.0937 e. The molecule has 1 atom stereocenters. The fourth-order valence-electron chi connectivity index (χ4n) is 2.08. The van der Waals surface area contributed by atoms with Gasteiger partial charge in [-0.15, -0.1) is 0 Å². The van der Waals surface area contributed by atoms with E-state index in [1.54, 1.807) is 18.6 Å². The van der Waals surface area contributed by atoms with Gasteiger partial charge in [-0.2, -0.15) is 5.10 Å². The van der Waals surface area contributed by atoms with Gasteiger partial charge < -0.3 is 5.32 Å². The van der Waals surface area contributed by atoms with Crippen molar-refractivity contribution in [2.45, 2.75) is 33.4 Å². The molecule has 96 valence electrons.